The number of ether oxygens (including phenoxy) is 2. The van der Waals surface area contributed by atoms with E-state index in [0.29, 0.717) is 6.61 Å². The number of esters is 1. The molecule has 0 saturated carbocycles. The summed E-state index contributed by atoms with van der Waals surface area (Å²) in [6.45, 7) is 4.20. The third-order valence-electron chi connectivity index (χ3n) is 5.84. The summed E-state index contributed by atoms with van der Waals surface area (Å²) in [5.41, 5.74) is 1.21. The Bertz CT molecular complexity index is 601. The topological polar surface area (TPSA) is 72.8 Å². The average molecular weight is 449 g/mol. The summed E-state index contributed by atoms with van der Waals surface area (Å²) in [6.07, 6.45) is 14.3. The molecule has 0 heterocycles. The second-order valence-corrected chi connectivity index (χ2v) is 8.75. The molecule has 32 heavy (non-hydrogen) atoms. The van der Waals surface area contributed by atoms with Crippen LogP contribution in [-0.4, -0.2) is 29.3 Å². The maximum Gasteiger partial charge on any atom is 0.303 e. The largest absolute Gasteiger partial charge is 0.481 e. The van der Waals surface area contributed by atoms with Crippen LogP contribution in [0, 0.1) is 0 Å². The fourth-order valence-electron chi connectivity index (χ4n) is 3.96. The number of benzene rings is 1. The van der Waals surface area contributed by atoms with Crippen molar-refractivity contribution in [2.45, 2.75) is 123 Å². The number of carboxylic acid groups (broad SMARTS) is 1. The van der Waals surface area contributed by atoms with E-state index in [1.165, 1.54) is 38.2 Å². The lowest BCUT2D eigenvalue weighted by molar-refractivity contribution is -0.146. The molecule has 0 spiro atoms. The highest BCUT2D eigenvalue weighted by Crippen LogP contribution is 2.19. The smallest absolute Gasteiger partial charge is 0.303 e. The van der Waals surface area contributed by atoms with Gasteiger partial charge in [-0.05, 0) is 44.1 Å². The molecule has 0 amide bonds. The van der Waals surface area contributed by atoms with Crippen molar-refractivity contribution in [3.05, 3.63) is 35.9 Å². The van der Waals surface area contributed by atoms with Gasteiger partial charge in [0.05, 0.1) is 12.7 Å². The van der Waals surface area contributed by atoms with Gasteiger partial charge in [-0.1, -0.05) is 82.2 Å². The van der Waals surface area contributed by atoms with Gasteiger partial charge in [-0.25, -0.2) is 0 Å². The maximum atomic E-state index is 11.1. The second-order valence-electron chi connectivity index (χ2n) is 8.75. The van der Waals surface area contributed by atoms with Gasteiger partial charge < -0.3 is 14.6 Å². The van der Waals surface area contributed by atoms with Crippen LogP contribution in [0.25, 0.3) is 0 Å². The molecule has 0 aromatic heterocycles. The normalized spacial score (nSPS) is 12.9. The van der Waals surface area contributed by atoms with Crippen LogP contribution in [0.1, 0.15) is 109 Å². The minimum absolute atomic E-state index is 0.0683. The van der Waals surface area contributed by atoms with Crippen LogP contribution >= 0.6 is 0 Å². The van der Waals surface area contributed by atoms with Gasteiger partial charge in [-0.2, -0.15) is 0 Å². The van der Waals surface area contributed by atoms with Gasteiger partial charge in [0.2, 0.25) is 0 Å². The van der Waals surface area contributed by atoms with E-state index in [1.54, 1.807) is 0 Å². The molecule has 182 valence electrons. The number of carbonyl (C=O) groups excluding carboxylic acids is 1. The number of rotatable bonds is 20. The predicted molar refractivity (Wildman–Crippen MR) is 129 cm³/mol. The monoisotopic (exact) mass is 448 g/mol. The summed E-state index contributed by atoms with van der Waals surface area (Å²) in [5.74, 6) is -0.883. The zero-order chi connectivity index (χ0) is 23.4. The summed E-state index contributed by atoms with van der Waals surface area (Å²) < 4.78 is 11.6. The first-order chi connectivity index (χ1) is 15.5. The third kappa shape index (κ3) is 15.9. The molecule has 5 nitrogen and oxygen atoms in total. The van der Waals surface area contributed by atoms with Crippen LogP contribution in [0.4, 0.5) is 0 Å². The van der Waals surface area contributed by atoms with Crippen LogP contribution in [-0.2, 0) is 25.7 Å². The van der Waals surface area contributed by atoms with Gasteiger partial charge in [0.1, 0.15) is 6.10 Å². The van der Waals surface area contributed by atoms with Gasteiger partial charge in [0, 0.05) is 13.3 Å². The minimum Gasteiger partial charge on any atom is -0.481 e. The van der Waals surface area contributed by atoms with E-state index in [-0.39, 0.29) is 24.6 Å². The van der Waals surface area contributed by atoms with Crippen LogP contribution in [0.15, 0.2) is 30.3 Å². The Hall–Kier alpha value is -1.88. The number of aliphatic carboxylic acids is 1. The molecule has 1 N–H and O–H groups in total. The Morgan fingerprint density at radius 1 is 0.812 bits per heavy atom. The van der Waals surface area contributed by atoms with Gasteiger partial charge in [0.15, 0.2) is 0 Å². The van der Waals surface area contributed by atoms with Crippen molar-refractivity contribution >= 4 is 11.9 Å². The summed E-state index contributed by atoms with van der Waals surface area (Å²) in [7, 11) is 0. The van der Waals surface area contributed by atoms with E-state index in [2.05, 4.69) is 19.1 Å². The van der Waals surface area contributed by atoms with Crippen molar-refractivity contribution in [1.29, 1.82) is 0 Å². The van der Waals surface area contributed by atoms with E-state index in [4.69, 9.17) is 14.6 Å². The molecular weight excluding hydrogens is 404 g/mol. The van der Waals surface area contributed by atoms with Crippen LogP contribution < -0.4 is 0 Å². The lowest BCUT2D eigenvalue weighted by Crippen LogP contribution is -2.15. The molecule has 1 rings (SSSR count). The molecule has 0 bridgehead atoms. The van der Waals surface area contributed by atoms with Crippen molar-refractivity contribution in [3.63, 3.8) is 0 Å². The van der Waals surface area contributed by atoms with E-state index in [1.807, 2.05) is 18.2 Å². The van der Waals surface area contributed by atoms with Crippen molar-refractivity contribution in [2.24, 2.45) is 0 Å². The number of hydrogen-bond acceptors (Lipinski definition) is 4. The van der Waals surface area contributed by atoms with Crippen LogP contribution in [0.5, 0.6) is 0 Å². The van der Waals surface area contributed by atoms with Crippen molar-refractivity contribution in [1.82, 2.24) is 0 Å². The van der Waals surface area contributed by atoms with Crippen molar-refractivity contribution < 1.29 is 24.2 Å². The lowest BCUT2D eigenvalue weighted by Gasteiger charge is -2.18. The van der Waals surface area contributed by atoms with Crippen molar-refractivity contribution in [2.75, 3.05) is 0 Å². The molecule has 5 heteroatoms. The molecule has 0 saturated heterocycles. The molecule has 0 radical (unpaired) electrons. The van der Waals surface area contributed by atoms with E-state index in [9.17, 15) is 9.59 Å². The molecular formula is C27H44O5. The average Bonchev–Trinajstić information content (AvgIpc) is 2.77. The van der Waals surface area contributed by atoms with Crippen LogP contribution in [0.3, 0.4) is 0 Å². The number of unbranched alkanes of at least 4 members (excludes halogenated alkanes) is 7. The molecule has 1 aromatic carbocycles. The Kier molecular flexibility index (Phi) is 16.4. The van der Waals surface area contributed by atoms with E-state index < -0.39 is 5.97 Å². The Morgan fingerprint density at radius 2 is 1.34 bits per heavy atom. The third-order valence-corrected chi connectivity index (χ3v) is 5.84. The number of carbonyl (C=O) groups is 2. The first-order valence-electron chi connectivity index (χ1n) is 12.6. The molecule has 0 fully saturated rings. The molecule has 0 aliphatic heterocycles. The first-order valence-corrected chi connectivity index (χ1v) is 12.6. The highest BCUT2D eigenvalue weighted by molar-refractivity contribution is 5.66. The Balaban J connectivity index is 2.23. The second kappa shape index (κ2) is 18.7. The van der Waals surface area contributed by atoms with Gasteiger partial charge in [0.25, 0.3) is 0 Å². The fourth-order valence-corrected chi connectivity index (χ4v) is 3.96. The minimum atomic E-state index is -0.703. The van der Waals surface area contributed by atoms with Gasteiger partial charge in [-0.3, -0.25) is 9.59 Å². The number of hydrogen-bond donors (Lipinski definition) is 1. The molecule has 1 aromatic rings. The van der Waals surface area contributed by atoms with Crippen molar-refractivity contribution in [3.8, 4) is 0 Å². The van der Waals surface area contributed by atoms with E-state index >= 15 is 0 Å². The molecule has 2 atom stereocenters. The summed E-state index contributed by atoms with van der Waals surface area (Å²) in [6, 6.07) is 10.3. The zero-order valence-electron chi connectivity index (χ0n) is 20.2. The first kappa shape index (κ1) is 28.2. The molecule has 2 unspecified atom stereocenters. The maximum absolute atomic E-state index is 11.1. The SMILES string of the molecule is CCC(CCCCCCCC(CCCCCCC(=O)O)OCc1ccccc1)OC(C)=O. The summed E-state index contributed by atoms with van der Waals surface area (Å²) in [5, 5.41) is 8.75. The summed E-state index contributed by atoms with van der Waals surface area (Å²) >= 11 is 0. The van der Waals surface area contributed by atoms with Gasteiger partial charge in [-0.15, -0.1) is 0 Å². The highest BCUT2D eigenvalue weighted by Gasteiger charge is 2.11. The van der Waals surface area contributed by atoms with Crippen LogP contribution in [0.2, 0.25) is 0 Å². The Morgan fingerprint density at radius 3 is 1.88 bits per heavy atom. The molecule has 0 aliphatic carbocycles. The summed E-state index contributed by atoms with van der Waals surface area (Å²) in [4.78, 5) is 21.7. The zero-order valence-corrected chi connectivity index (χ0v) is 20.2. The Labute approximate surface area is 194 Å². The van der Waals surface area contributed by atoms with Gasteiger partial charge >= 0.3 is 11.9 Å². The predicted octanol–water partition coefficient (Wildman–Crippen LogP) is 7.07. The highest BCUT2D eigenvalue weighted by atomic mass is 16.5. The molecule has 0 aliphatic rings. The fraction of sp³-hybridized carbons (Fsp3) is 0.704. The lowest BCUT2D eigenvalue weighted by atomic mass is 10.0. The van der Waals surface area contributed by atoms with E-state index in [0.717, 1.165) is 57.8 Å². The quantitative estimate of drug-likeness (QED) is 0.171. The number of carboxylic acids is 1. The standard InChI is InChI=1S/C27H44O5/c1-3-25(32-23(2)28)18-12-5-4-6-13-19-26(20-14-7-8-15-21-27(29)30)31-22-24-16-10-9-11-17-24/h9-11,16-17,25-26H,3-8,12-15,18-22H2,1-2H3,(H,29,30).